The van der Waals surface area contributed by atoms with Gasteiger partial charge >= 0.3 is 0 Å². The Balaban J connectivity index is 1.99. The van der Waals surface area contributed by atoms with Crippen LogP contribution >= 0.6 is 11.8 Å². The summed E-state index contributed by atoms with van der Waals surface area (Å²) in [6, 6.07) is 0. The van der Waals surface area contributed by atoms with Gasteiger partial charge in [-0.05, 0) is 25.2 Å². The van der Waals surface area contributed by atoms with Gasteiger partial charge < -0.3 is 5.73 Å². The maximum Gasteiger partial charge on any atom is 0.117 e. The molecule has 96 valence electrons. The number of hydrogen-bond acceptors (Lipinski definition) is 3. The van der Waals surface area contributed by atoms with E-state index in [1.807, 2.05) is 23.5 Å². The molecule has 2 rings (SSSR count). The van der Waals surface area contributed by atoms with E-state index in [0.29, 0.717) is 0 Å². The molecule has 1 aliphatic rings. The quantitative estimate of drug-likeness (QED) is 0.819. The summed E-state index contributed by atoms with van der Waals surface area (Å²) < 4.78 is 1.96. The molecule has 2 N–H and O–H groups in total. The van der Waals surface area contributed by atoms with Crippen LogP contribution in [0.25, 0.3) is 0 Å². The largest absolute Gasteiger partial charge is 0.395 e. The molecule has 4 heteroatoms. The Hall–Kier alpha value is -0.640. The molecule has 0 amide bonds. The first kappa shape index (κ1) is 12.8. The van der Waals surface area contributed by atoms with Crippen molar-refractivity contribution in [3.8, 4) is 0 Å². The van der Waals surface area contributed by atoms with Crippen molar-refractivity contribution in [1.29, 1.82) is 0 Å². The Morgan fingerprint density at radius 1 is 1.41 bits per heavy atom. The SMILES string of the molecule is CCCc1nn(C)c(SCC2CCCC2)c1N. The Morgan fingerprint density at radius 2 is 2.12 bits per heavy atom. The molecule has 0 aliphatic heterocycles. The third-order valence-corrected chi connectivity index (χ3v) is 4.92. The molecule has 0 aromatic carbocycles. The average Bonchev–Trinajstić information content (AvgIpc) is 2.88. The van der Waals surface area contributed by atoms with Gasteiger partial charge in [-0.25, -0.2) is 0 Å². The van der Waals surface area contributed by atoms with Crippen LogP contribution in [0.15, 0.2) is 5.03 Å². The fraction of sp³-hybridized carbons (Fsp3) is 0.769. The summed E-state index contributed by atoms with van der Waals surface area (Å²) in [7, 11) is 2.01. The van der Waals surface area contributed by atoms with Crippen molar-refractivity contribution in [2.24, 2.45) is 13.0 Å². The van der Waals surface area contributed by atoms with Crippen molar-refractivity contribution in [3.05, 3.63) is 5.69 Å². The zero-order chi connectivity index (χ0) is 12.3. The lowest BCUT2D eigenvalue weighted by atomic mass is 10.1. The van der Waals surface area contributed by atoms with Gasteiger partial charge in [0.15, 0.2) is 0 Å². The summed E-state index contributed by atoms with van der Waals surface area (Å²) in [4.78, 5) is 0. The van der Waals surface area contributed by atoms with Gasteiger partial charge in [-0.3, -0.25) is 4.68 Å². The highest BCUT2D eigenvalue weighted by Gasteiger charge is 2.18. The number of nitrogens with two attached hydrogens (primary N) is 1. The van der Waals surface area contributed by atoms with Crippen molar-refractivity contribution in [1.82, 2.24) is 9.78 Å². The summed E-state index contributed by atoms with van der Waals surface area (Å²) in [5.41, 5.74) is 8.16. The van der Waals surface area contributed by atoms with Crippen molar-refractivity contribution in [3.63, 3.8) is 0 Å². The lowest BCUT2D eigenvalue weighted by Gasteiger charge is -2.08. The number of nitrogen functional groups attached to an aromatic ring is 1. The summed E-state index contributed by atoms with van der Waals surface area (Å²) in [5, 5.41) is 5.68. The van der Waals surface area contributed by atoms with Crippen LogP contribution in [-0.2, 0) is 13.5 Å². The number of thioether (sulfide) groups is 1. The lowest BCUT2D eigenvalue weighted by molar-refractivity contribution is 0.620. The van der Waals surface area contributed by atoms with Gasteiger partial charge in [0.05, 0.1) is 11.4 Å². The van der Waals surface area contributed by atoms with E-state index in [4.69, 9.17) is 5.73 Å². The molecule has 0 unspecified atom stereocenters. The Morgan fingerprint density at radius 3 is 2.76 bits per heavy atom. The molecule has 0 bridgehead atoms. The van der Waals surface area contributed by atoms with E-state index >= 15 is 0 Å². The first-order chi connectivity index (χ1) is 8.22. The van der Waals surface area contributed by atoms with Gasteiger partial charge in [-0.2, -0.15) is 5.10 Å². The number of aryl methyl sites for hydroxylation is 2. The van der Waals surface area contributed by atoms with E-state index in [0.717, 1.165) is 30.1 Å². The van der Waals surface area contributed by atoms with E-state index in [1.165, 1.54) is 36.5 Å². The molecule has 1 saturated carbocycles. The number of anilines is 1. The van der Waals surface area contributed by atoms with Crippen LogP contribution in [0.2, 0.25) is 0 Å². The van der Waals surface area contributed by atoms with E-state index in [1.54, 1.807) is 0 Å². The van der Waals surface area contributed by atoms with Gasteiger partial charge in [-0.15, -0.1) is 11.8 Å². The van der Waals surface area contributed by atoms with E-state index < -0.39 is 0 Å². The van der Waals surface area contributed by atoms with Crippen molar-refractivity contribution in [2.45, 2.75) is 50.5 Å². The monoisotopic (exact) mass is 253 g/mol. The molecule has 1 aromatic heterocycles. The van der Waals surface area contributed by atoms with Crippen molar-refractivity contribution >= 4 is 17.4 Å². The third-order valence-electron chi connectivity index (χ3n) is 3.52. The Kier molecular flexibility index (Phi) is 4.37. The van der Waals surface area contributed by atoms with Gasteiger partial charge in [0.2, 0.25) is 0 Å². The molecule has 1 heterocycles. The zero-order valence-electron chi connectivity index (χ0n) is 10.9. The topological polar surface area (TPSA) is 43.8 Å². The second kappa shape index (κ2) is 5.80. The van der Waals surface area contributed by atoms with Gasteiger partial charge in [0.25, 0.3) is 0 Å². The second-order valence-corrected chi connectivity index (χ2v) is 6.01. The molecule has 1 aliphatic carbocycles. The molecule has 3 nitrogen and oxygen atoms in total. The maximum atomic E-state index is 6.17. The summed E-state index contributed by atoms with van der Waals surface area (Å²) >= 11 is 1.89. The average molecular weight is 253 g/mol. The summed E-state index contributed by atoms with van der Waals surface area (Å²) in [6.07, 6.45) is 7.71. The van der Waals surface area contributed by atoms with E-state index in [-0.39, 0.29) is 0 Å². The third kappa shape index (κ3) is 2.97. The van der Waals surface area contributed by atoms with Gasteiger partial charge in [-0.1, -0.05) is 26.2 Å². The highest BCUT2D eigenvalue weighted by atomic mass is 32.2. The highest BCUT2D eigenvalue weighted by Crippen LogP contribution is 2.34. The highest BCUT2D eigenvalue weighted by molar-refractivity contribution is 7.99. The van der Waals surface area contributed by atoms with Crippen LogP contribution in [0.3, 0.4) is 0 Å². The predicted molar refractivity (Wildman–Crippen MR) is 74.3 cm³/mol. The molecule has 1 aromatic rings. The molecule has 0 radical (unpaired) electrons. The molecular formula is C13H23N3S. The van der Waals surface area contributed by atoms with Crippen LogP contribution in [0.5, 0.6) is 0 Å². The normalized spacial score (nSPS) is 16.8. The number of nitrogens with zero attached hydrogens (tertiary/aromatic N) is 2. The standard InChI is InChI=1S/C13H23N3S/c1-3-6-11-12(14)13(16(2)15-11)17-9-10-7-4-5-8-10/h10H,3-9,14H2,1-2H3. The molecule has 0 atom stereocenters. The minimum atomic E-state index is 0.893. The minimum Gasteiger partial charge on any atom is -0.395 e. The van der Waals surface area contributed by atoms with Crippen LogP contribution in [0.4, 0.5) is 5.69 Å². The first-order valence-electron chi connectivity index (χ1n) is 6.66. The van der Waals surface area contributed by atoms with Crippen LogP contribution in [-0.4, -0.2) is 15.5 Å². The molecule has 1 fully saturated rings. The lowest BCUT2D eigenvalue weighted by Crippen LogP contribution is -2.00. The maximum absolute atomic E-state index is 6.17. The fourth-order valence-corrected chi connectivity index (χ4v) is 3.77. The number of aromatic nitrogens is 2. The molecule has 17 heavy (non-hydrogen) atoms. The molecule has 0 spiro atoms. The summed E-state index contributed by atoms with van der Waals surface area (Å²) in [5.74, 6) is 2.10. The zero-order valence-corrected chi connectivity index (χ0v) is 11.7. The fourth-order valence-electron chi connectivity index (χ4n) is 2.54. The van der Waals surface area contributed by atoms with E-state index in [9.17, 15) is 0 Å². The van der Waals surface area contributed by atoms with Gasteiger partial charge in [0, 0.05) is 12.8 Å². The van der Waals surface area contributed by atoms with Crippen molar-refractivity contribution < 1.29 is 0 Å². The first-order valence-corrected chi connectivity index (χ1v) is 7.65. The van der Waals surface area contributed by atoms with Crippen LogP contribution in [0, 0.1) is 5.92 Å². The Labute approximate surface area is 108 Å². The number of rotatable bonds is 5. The van der Waals surface area contributed by atoms with Crippen LogP contribution < -0.4 is 5.73 Å². The molecule has 0 saturated heterocycles. The molecular weight excluding hydrogens is 230 g/mol. The second-order valence-electron chi connectivity index (χ2n) is 5.00. The van der Waals surface area contributed by atoms with Gasteiger partial charge in [0.1, 0.15) is 5.03 Å². The minimum absolute atomic E-state index is 0.893. The van der Waals surface area contributed by atoms with E-state index in [2.05, 4.69) is 12.0 Å². The van der Waals surface area contributed by atoms with Crippen LogP contribution in [0.1, 0.15) is 44.7 Å². The summed E-state index contributed by atoms with van der Waals surface area (Å²) in [6.45, 7) is 2.17. The Bertz CT molecular complexity index is 367. The number of hydrogen-bond donors (Lipinski definition) is 1. The predicted octanol–water partition coefficient (Wildman–Crippen LogP) is 3.24. The van der Waals surface area contributed by atoms with Crippen molar-refractivity contribution in [2.75, 3.05) is 11.5 Å². The smallest absolute Gasteiger partial charge is 0.117 e.